The number of hydrogen-bond acceptors (Lipinski definition) is 5. The Bertz CT molecular complexity index is 1300. The van der Waals surface area contributed by atoms with Crippen LogP contribution >= 0.6 is 0 Å². The first-order valence-electron chi connectivity index (χ1n) is 8.84. The van der Waals surface area contributed by atoms with Crippen LogP contribution in [0.5, 0.6) is 5.75 Å². The molecule has 0 bridgehead atoms. The summed E-state index contributed by atoms with van der Waals surface area (Å²) in [5.74, 6) is -0.982. The number of nitrogen functional groups attached to an aromatic ring is 1. The maximum absolute atomic E-state index is 14.8. The Hall–Kier alpha value is -3.75. The Morgan fingerprint density at radius 3 is 2.93 bits per heavy atom. The van der Waals surface area contributed by atoms with Crippen LogP contribution in [0.25, 0.3) is 16.6 Å². The monoisotopic (exact) mass is 395 g/mol. The lowest BCUT2D eigenvalue weighted by Gasteiger charge is -2.24. The number of benzene rings is 2. The van der Waals surface area contributed by atoms with Gasteiger partial charge in [-0.15, -0.1) is 0 Å². The number of amides is 1. The number of nitrogens with zero attached hydrogens (tertiary/aromatic N) is 4. The molecule has 1 atom stereocenters. The average molecular weight is 395 g/mol. The molecule has 5 rings (SSSR count). The van der Waals surface area contributed by atoms with E-state index < -0.39 is 23.6 Å². The zero-order chi connectivity index (χ0) is 20.3. The van der Waals surface area contributed by atoms with Crippen LogP contribution in [0.4, 0.5) is 14.6 Å². The second kappa shape index (κ2) is 6.13. The van der Waals surface area contributed by atoms with Crippen molar-refractivity contribution in [3.05, 3.63) is 65.6 Å². The summed E-state index contributed by atoms with van der Waals surface area (Å²) in [6.45, 7) is 0.167. The third-order valence-corrected chi connectivity index (χ3v) is 5.21. The number of halogens is 2. The van der Waals surface area contributed by atoms with Gasteiger partial charge in [0, 0.05) is 18.7 Å². The molecule has 29 heavy (non-hydrogen) atoms. The minimum Gasteiger partial charge on any atom is -0.491 e. The minimum absolute atomic E-state index is 0.133. The number of carbonyl (C=O) groups excluding carboxylic acids is 1. The number of imidazole rings is 1. The van der Waals surface area contributed by atoms with Crippen LogP contribution < -0.4 is 10.5 Å². The molecule has 1 aliphatic rings. The van der Waals surface area contributed by atoms with Gasteiger partial charge in [-0.2, -0.15) is 0 Å². The molecular formula is C20H15F2N5O2. The molecule has 0 spiro atoms. The molecule has 2 aromatic heterocycles. The Kier molecular flexibility index (Phi) is 3.67. The molecule has 9 heteroatoms. The van der Waals surface area contributed by atoms with Crippen LogP contribution in [0.1, 0.15) is 22.0 Å². The summed E-state index contributed by atoms with van der Waals surface area (Å²) in [6.07, 6.45) is 3.06. The van der Waals surface area contributed by atoms with Crippen LogP contribution in [0.2, 0.25) is 0 Å². The molecule has 1 amide bonds. The lowest BCUT2D eigenvalue weighted by Crippen LogP contribution is -2.32. The number of likely N-dealkylation sites (N-methyl/N-ethyl adjacent to an activating group) is 1. The summed E-state index contributed by atoms with van der Waals surface area (Å²) >= 11 is 0. The Morgan fingerprint density at radius 1 is 1.28 bits per heavy atom. The number of ether oxygens (including phenoxy) is 1. The van der Waals surface area contributed by atoms with Gasteiger partial charge in [0.2, 0.25) is 0 Å². The first kappa shape index (κ1) is 17.4. The zero-order valence-electron chi connectivity index (χ0n) is 15.3. The number of fused-ring (bicyclic) bond motifs is 4. The van der Waals surface area contributed by atoms with E-state index in [-0.39, 0.29) is 18.0 Å². The zero-order valence-corrected chi connectivity index (χ0v) is 15.3. The summed E-state index contributed by atoms with van der Waals surface area (Å²) in [6, 6.07) is 6.21. The Morgan fingerprint density at radius 2 is 2.10 bits per heavy atom. The fourth-order valence-electron chi connectivity index (χ4n) is 3.68. The lowest BCUT2D eigenvalue weighted by atomic mass is 10.1. The van der Waals surface area contributed by atoms with Crippen molar-refractivity contribution in [2.75, 3.05) is 19.4 Å². The molecule has 0 unspecified atom stereocenters. The van der Waals surface area contributed by atoms with Gasteiger partial charge in [-0.3, -0.25) is 9.20 Å². The van der Waals surface area contributed by atoms with Gasteiger partial charge in [0.15, 0.2) is 0 Å². The van der Waals surface area contributed by atoms with E-state index in [2.05, 4.69) is 9.97 Å². The van der Waals surface area contributed by atoms with E-state index in [0.717, 1.165) is 0 Å². The first-order chi connectivity index (χ1) is 13.9. The molecule has 4 aromatic rings. The molecule has 0 saturated heterocycles. The molecule has 7 nitrogen and oxygen atoms in total. The predicted molar refractivity (Wildman–Crippen MR) is 102 cm³/mol. The van der Waals surface area contributed by atoms with E-state index in [1.807, 2.05) is 0 Å². The van der Waals surface area contributed by atoms with Gasteiger partial charge in [0.25, 0.3) is 5.91 Å². The highest BCUT2D eigenvalue weighted by Gasteiger charge is 2.32. The van der Waals surface area contributed by atoms with Crippen molar-refractivity contribution in [3.8, 4) is 5.75 Å². The van der Waals surface area contributed by atoms with Crippen molar-refractivity contribution in [3.63, 3.8) is 0 Å². The standard InChI is InChI=1S/C20H15F2N5O2/c1-26(17-8-29-18-3-2-10(21)4-12(17)18)20(28)11-5-15-14(6-13(11)22)25-19(23)16-7-24-9-27(15)16/h2-7,9,17H,8H2,1H3,(H2,23,25)/t17-/m1/s1. The third-order valence-electron chi connectivity index (χ3n) is 5.21. The van der Waals surface area contributed by atoms with Crippen molar-refractivity contribution in [1.29, 1.82) is 0 Å². The fraction of sp³-hybridized carbons (Fsp3) is 0.150. The lowest BCUT2D eigenvalue weighted by molar-refractivity contribution is 0.0704. The van der Waals surface area contributed by atoms with Gasteiger partial charge >= 0.3 is 0 Å². The van der Waals surface area contributed by atoms with E-state index in [1.54, 1.807) is 10.6 Å². The average Bonchev–Trinajstić information content (AvgIpc) is 3.34. The third kappa shape index (κ3) is 2.58. The van der Waals surface area contributed by atoms with Crippen molar-refractivity contribution in [2.24, 2.45) is 0 Å². The molecule has 1 aliphatic heterocycles. The number of aromatic nitrogens is 3. The van der Waals surface area contributed by atoms with Gasteiger partial charge in [0.1, 0.15) is 35.3 Å². The Labute approximate surface area is 163 Å². The molecule has 0 radical (unpaired) electrons. The molecule has 2 aromatic carbocycles. The summed E-state index contributed by atoms with van der Waals surface area (Å²) in [4.78, 5) is 22.7. The molecule has 0 fully saturated rings. The first-order valence-corrected chi connectivity index (χ1v) is 8.84. The normalized spacial score (nSPS) is 15.5. The SMILES string of the molecule is CN(C(=O)c1cc2c(cc1F)nc(N)c1cncn12)[C@@H]1COc2ccc(F)cc21. The van der Waals surface area contributed by atoms with Crippen molar-refractivity contribution >= 4 is 28.3 Å². The number of carbonyl (C=O) groups is 1. The molecule has 3 heterocycles. The van der Waals surface area contributed by atoms with Gasteiger partial charge in [-0.25, -0.2) is 18.7 Å². The highest BCUT2D eigenvalue weighted by atomic mass is 19.1. The van der Waals surface area contributed by atoms with E-state index >= 15 is 0 Å². The van der Waals surface area contributed by atoms with Crippen molar-refractivity contribution in [1.82, 2.24) is 19.3 Å². The molecule has 0 aliphatic carbocycles. The minimum atomic E-state index is -0.723. The van der Waals surface area contributed by atoms with E-state index in [1.165, 1.54) is 48.6 Å². The molecule has 0 saturated carbocycles. The van der Waals surface area contributed by atoms with E-state index in [0.29, 0.717) is 27.9 Å². The van der Waals surface area contributed by atoms with E-state index in [9.17, 15) is 13.6 Å². The van der Waals surface area contributed by atoms with Gasteiger partial charge in [0.05, 0.1) is 35.2 Å². The van der Waals surface area contributed by atoms with Gasteiger partial charge < -0.3 is 15.4 Å². The number of nitrogens with two attached hydrogens (primary N) is 1. The fourth-order valence-corrected chi connectivity index (χ4v) is 3.68. The summed E-state index contributed by atoms with van der Waals surface area (Å²) in [7, 11) is 1.54. The van der Waals surface area contributed by atoms with E-state index in [4.69, 9.17) is 10.5 Å². The van der Waals surface area contributed by atoms with Crippen LogP contribution in [0.3, 0.4) is 0 Å². The number of hydrogen-bond donors (Lipinski definition) is 1. The maximum atomic E-state index is 14.8. The van der Waals surface area contributed by atoms with Gasteiger partial charge in [-0.1, -0.05) is 0 Å². The maximum Gasteiger partial charge on any atom is 0.257 e. The molecule has 2 N–H and O–H groups in total. The summed E-state index contributed by atoms with van der Waals surface area (Å²) < 4.78 is 35.7. The van der Waals surface area contributed by atoms with Crippen LogP contribution in [0.15, 0.2) is 42.9 Å². The second-order valence-electron chi connectivity index (χ2n) is 6.89. The second-order valence-corrected chi connectivity index (χ2v) is 6.89. The largest absolute Gasteiger partial charge is 0.491 e. The summed E-state index contributed by atoms with van der Waals surface area (Å²) in [5.41, 5.74) is 7.67. The predicted octanol–water partition coefficient (Wildman–Crippen LogP) is 2.95. The van der Waals surface area contributed by atoms with Crippen molar-refractivity contribution in [2.45, 2.75) is 6.04 Å². The highest BCUT2D eigenvalue weighted by Crippen LogP contribution is 2.36. The topological polar surface area (TPSA) is 85.8 Å². The van der Waals surface area contributed by atoms with Crippen LogP contribution in [-0.2, 0) is 0 Å². The quantitative estimate of drug-likeness (QED) is 0.564. The molecular weight excluding hydrogens is 380 g/mol. The summed E-state index contributed by atoms with van der Waals surface area (Å²) in [5, 5.41) is 0. The number of anilines is 1. The number of rotatable bonds is 2. The van der Waals surface area contributed by atoms with Crippen LogP contribution in [0, 0.1) is 11.6 Å². The van der Waals surface area contributed by atoms with Gasteiger partial charge in [-0.05, 0) is 24.3 Å². The van der Waals surface area contributed by atoms with Crippen molar-refractivity contribution < 1.29 is 18.3 Å². The smallest absolute Gasteiger partial charge is 0.257 e. The Balaban J connectivity index is 1.59. The molecule has 146 valence electrons. The van der Waals surface area contributed by atoms with Crippen LogP contribution in [-0.4, -0.2) is 38.8 Å². The highest BCUT2D eigenvalue weighted by molar-refractivity contribution is 5.98.